The zero-order chi connectivity index (χ0) is 17.2. The highest BCUT2D eigenvalue weighted by Crippen LogP contribution is 2.27. The summed E-state index contributed by atoms with van der Waals surface area (Å²) in [6, 6.07) is 4.88. The Morgan fingerprint density at radius 1 is 1.43 bits per heavy atom. The smallest absolute Gasteiger partial charge is 0.270 e. The van der Waals surface area contributed by atoms with Crippen molar-refractivity contribution in [2.24, 2.45) is 5.16 Å². The average Bonchev–Trinajstić information content (AvgIpc) is 2.51. The first kappa shape index (κ1) is 18.8. The molecule has 0 aliphatic rings. The van der Waals surface area contributed by atoms with Crippen LogP contribution >= 0.6 is 11.6 Å². The number of ether oxygens (including phenoxy) is 1. The van der Waals surface area contributed by atoms with Crippen molar-refractivity contribution in [2.45, 2.75) is 26.3 Å². The van der Waals surface area contributed by atoms with E-state index in [0.29, 0.717) is 16.5 Å². The maximum atomic E-state index is 11.7. The Morgan fingerprint density at radius 3 is 2.83 bits per heavy atom. The maximum Gasteiger partial charge on any atom is 0.270 e. The van der Waals surface area contributed by atoms with Gasteiger partial charge in [-0.1, -0.05) is 23.7 Å². The van der Waals surface area contributed by atoms with E-state index in [4.69, 9.17) is 21.2 Å². The minimum Gasteiger partial charge on any atom is -0.495 e. The highest BCUT2D eigenvalue weighted by atomic mass is 35.5. The van der Waals surface area contributed by atoms with Crippen LogP contribution in [-0.4, -0.2) is 37.8 Å². The zero-order valence-corrected chi connectivity index (χ0v) is 14.0. The Bertz CT molecular complexity index is 578. The summed E-state index contributed by atoms with van der Waals surface area (Å²) in [5, 5.41) is 9.16. The van der Waals surface area contributed by atoms with Crippen molar-refractivity contribution in [3.63, 3.8) is 0 Å². The van der Waals surface area contributed by atoms with Crippen LogP contribution in [0.2, 0.25) is 5.02 Å². The molecule has 0 fully saturated rings. The van der Waals surface area contributed by atoms with Gasteiger partial charge in [0.2, 0.25) is 0 Å². The Balaban J connectivity index is 2.45. The van der Waals surface area contributed by atoms with Crippen LogP contribution in [0.5, 0.6) is 5.75 Å². The summed E-state index contributed by atoms with van der Waals surface area (Å²) in [5.74, 6) is -0.369. The van der Waals surface area contributed by atoms with Crippen molar-refractivity contribution in [3.05, 3.63) is 23.2 Å². The lowest BCUT2D eigenvalue weighted by Crippen LogP contribution is -2.34. The van der Waals surface area contributed by atoms with Gasteiger partial charge in [-0.2, -0.15) is 0 Å². The molecule has 1 aromatic carbocycles. The van der Waals surface area contributed by atoms with Gasteiger partial charge in [0.15, 0.2) is 6.61 Å². The molecule has 0 heterocycles. The number of benzene rings is 1. The molecule has 8 heteroatoms. The fourth-order valence-corrected chi connectivity index (χ4v) is 1.71. The first-order chi connectivity index (χ1) is 11.0. The van der Waals surface area contributed by atoms with Gasteiger partial charge < -0.3 is 20.2 Å². The molecule has 0 radical (unpaired) electrons. The van der Waals surface area contributed by atoms with Gasteiger partial charge in [0.05, 0.1) is 12.8 Å². The molecular weight excluding hydrogens is 322 g/mol. The van der Waals surface area contributed by atoms with Crippen LogP contribution in [0.3, 0.4) is 0 Å². The van der Waals surface area contributed by atoms with Crippen LogP contribution in [0.25, 0.3) is 0 Å². The second-order valence-electron chi connectivity index (χ2n) is 4.72. The van der Waals surface area contributed by atoms with E-state index in [-0.39, 0.29) is 18.6 Å². The molecule has 0 bridgehead atoms. The summed E-state index contributed by atoms with van der Waals surface area (Å²) in [7, 11) is 1.48. The fraction of sp³-hybridized carbons (Fsp3) is 0.400. The molecule has 0 unspecified atom stereocenters. The van der Waals surface area contributed by atoms with Gasteiger partial charge in [0, 0.05) is 11.1 Å². The normalized spacial score (nSPS) is 11.8. The highest BCUT2D eigenvalue weighted by molar-refractivity contribution is 6.33. The molecule has 0 aliphatic carbocycles. The predicted molar refractivity (Wildman–Crippen MR) is 89.0 cm³/mol. The number of rotatable bonds is 8. The summed E-state index contributed by atoms with van der Waals surface area (Å²) in [6.45, 7) is 3.58. The molecule has 0 spiro atoms. The number of anilines is 1. The lowest BCUT2D eigenvalue weighted by Gasteiger charge is -2.10. The van der Waals surface area contributed by atoms with Gasteiger partial charge in [0.25, 0.3) is 11.8 Å². The van der Waals surface area contributed by atoms with E-state index >= 15 is 0 Å². The third-order valence-electron chi connectivity index (χ3n) is 2.88. The highest BCUT2D eigenvalue weighted by Gasteiger charge is 2.08. The molecule has 0 aliphatic heterocycles. The first-order valence-corrected chi connectivity index (χ1v) is 7.43. The monoisotopic (exact) mass is 341 g/mol. The number of methoxy groups -OCH3 is 1. The Hall–Kier alpha value is -2.28. The number of oxime groups is 1. The topological polar surface area (TPSA) is 89.0 Å². The van der Waals surface area contributed by atoms with Crippen LogP contribution < -0.4 is 15.4 Å². The number of nitrogens with one attached hydrogen (secondary N) is 2. The summed E-state index contributed by atoms with van der Waals surface area (Å²) in [6.07, 6.45) is 1.75. The third-order valence-corrected chi connectivity index (χ3v) is 3.11. The summed E-state index contributed by atoms with van der Waals surface area (Å²) >= 11 is 5.86. The molecule has 23 heavy (non-hydrogen) atoms. The Labute approximate surface area is 140 Å². The van der Waals surface area contributed by atoms with E-state index in [1.807, 2.05) is 13.8 Å². The number of carbonyl (C=O) groups is 2. The molecule has 7 nitrogen and oxygen atoms in total. The molecule has 1 rings (SSSR count). The first-order valence-electron chi connectivity index (χ1n) is 7.05. The van der Waals surface area contributed by atoms with Crippen molar-refractivity contribution < 1.29 is 19.2 Å². The van der Waals surface area contributed by atoms with E-state index < -0.39 is 5.91 Å². The lowest BCUT2D eigenvalue weighted by atomic mass is 10.2. The molecule has 1 atom stereocenters. The molecule has 2 amide bonds. The minimum atomic E-state index is -0.534. The summed E-state index contributed by atoms with van der Waals surface area (Å²) in [4.78, 5) is 27.9. The number of hydrogen-bond acceptors (Lipinski definition) is 5. The molecule has 126 valence electrons. The van der Waals surface area contributed by atoms with E-state index in [9.17, 15) is 9.59 Å². The van der Waals surface area contributed by atoms with Crippen molar-refractivity contribution in [1.29, 1.82) is 0 Å². The van der Waals surface area contributed by atoms with Crippen molar-refractivity contribution >= 4 is 35.3 Å². The van der Waals surface area contributed by atoms with Crippen LogP contribution in [0, 0.1) is 0 Å². The van der Waals surface area contributed by atoms with E-state index in [1.54, 1.807) is 18.2 Å². The van der Waals surface area contributed by atoms with Crippen LogP contribution in [0.1, 0.15) is 20.3 Å². The van der Waals surface area contributed by atoms with Gasteiger partial charge in [-0.25, -0.2) is 0 Å². The molecule has 0 saturated heterocycles. The fourth-order valence-electron chi connectivity index (χ4n) is 1.54. The van der Waals surface area contributed by atoms with E-state index in [1.165, 1.54) is 7.11 Å². The van der Waals surface area contributed by atoms with Crippen LogP contribution in [-0.2, 0) is 14.4 Å². The van der Waals surface area contributed by atoms with E-state index in [2.05, 4.69) is 15.8 Å². The lowest BCUT2D eigenvalue weighted by molar-refractivity contribution is -0.126. The third kappa shape index (κ3) is 7.01. The number of amides is 2. The van der Waals surface area contributed by atoms with Crippen molar-refractivity contribution in [1.82, 2.24) is 5.32 Å². The Kier molecular flexibility index (Phi) is 7.90. The van der Waals surface area contributed by atoms with Crippen LogP contribution in [0.15, 0.2) is 23.4 Å². The van der Waals surface area contributed by atoms with Gasteiger partial charge in [-0.05, 0) is 31.5 Å². The largest absolute Gasteiger partial charge is 0.495 e. The van der Waals surface area contributed by atoms with Gasteiger partial charge in [-0.15, -0.1) is 0 Å². The summed E-state index contributed by atoms with van der Waals surface area (Å²) < 4.78 is 5.10. The van der Waals surface area contributed by atoms with Crippen LogP contribution in [0.4, 0.5) is 5.69 Å². The zero-order valence-electron chi connectivity index (χ0n) is 13.3. The quantitative estimate of drug-likeness (QED) is 0.560. The molecule has 2 N–H and O–H groups in total. The second-order valence-corrected chi connectivity index (χ2v) is 5.16. The molecule has 0 aromatic heterocycles. The molecule has 0 saturated carbocycles. The molecular formula is C15H20ClN3O4. The van der Waals surface area contributed by atoms with Gasteiger partial charge in [0.1, 0.15) is 12.0 Å². The van der Waals surface area contributed by atoms with E-state index in [0.717, 1.165) is 12.6 Å². The van der Waals surface area contributed by atoms with Gasteiger partial charge >= 0.3 is 0 Å². The number of carbonyl (C=O) groups excluding carboxylic acids is 2. The SMILES string of the molecule is CC[C@H](C)NC(=O)CO/N=C\C(=O)Nc1cc(Cl)ccc1OC. The van der Waals surface area contributed by atoms with Gasteiger partial charge in [-0.3, -0.25) is 9.59 Å². The van der Waals surface area contributed by atoms with Crippen molar-refractivity contribution in [3.8, 4) is 5.75 Å². The Morgan fingerprint density at radius 2 is 2.17 bits per heavy atom. The maximum absolute atomic E-state index is 11.7. The molecule has 1 aromatic rings. The van der Waals surface area contributed by atoms with Crippen molar-refractivity contribution in [2.75, 3.05) is 19.0 Å². The minimum absolute atomic E-state index is 0.0636. The number of hydrogen-bond donors (Lipinski definition) is 2. The number of nitrogens with zero attached hydrogens (tertiary/aromatic N) is 1. The second kappa shape index (κ2) is 9.68. The average molecular weight is 342 g/mol. The number of halogens is 1. The predicted octanol–water partition coefficient (Wildman–Crippen LogP) is 2.20. The summed E-state index contributed by atoms with van der Waals surface area (Å²) in [5.41, 5.74) is 0.408. The standard InChI is InChI=1S/C15H20ClN3O4/c1-4-10(2)18-15(21)9-23-17-8-14(20)19-12-7-11(16)5-6-13(12)22-3/h5-8,10H,4,9H2,1-3H3,(H,18,21)(H,19,20)/b17-8-/t10-/m0/s1.